The van der Waals surface area contributed by atoms with E-state index in [-0.39, 0.29) is 23.8 Å². The molecule has 1 aliphatic heterocycles. The maximum absolute atomic E-state index is 11.8. The average molecular weight is 238 g/mol. The van der Waals surface area contributed by atoms with Crippen LogP contribution in [0.25, 0.3) is 0 Å². The van der Waals surface area contributed by atoms with Gasteiger partial charge >= 0.3 is 0 Å². The third-order valence-electron chi connectivity index (χ3n) is 3.38. The Morgan fingerprint density at radius 1 is 1.41 bits per heavy atom. The molecule has 1 saturated heterocycles. The van der Waals surface area contributed by atoms with E-state index in [1.54, 1.807) is 6.92 Å². The number of hydrogen-bond acceptors (Lipinski definition) is 3. The van der Waals surface area contributed by atoms with Gasteiger partial charge in [-0.25, -0.2) is 0 Å². The van der Waals surface area contributed by atoms with Gasteiger partial charge < -0.3 is 10.6 Å². The third kappa shape index (κ3) is 3.05. The van der Waals surface area contributed by atoms with Gasteiger partial charge in [0.05, 0.1) is 0 Å². The maximum Gasteiger partial charge on any atom is 0.287 e. The van der Waals surface area contributed by atoms with Crippen LogP contribution in [0.4, 0.5) is 0 Å². The Hall–Kier alpha value is -1.39. The SMILES string of the molecule is C[C@@H](C[C@@H]1CCNC1=O)C(=O)C(=O)NC1CC1. The number of rotatable bonds is 5. The fraction of sp³-hybridized carbons (Fsp3) is 0.750. The molecule has 0 bridgehead atoms. The molecule has 2 aliphatic rings. The van der Waals surface area contributed by atoms with Crippen LogP contribution in [0.3, 0.4) is 0 Å². The molecule has 0 aromatic rings. The highest BCUT2D eigenvalue weighted by atomic mass is 16.2. The lowest BCUT2D eigenvalue weighted by atomic mass is 9.91. The molecule has 0 spiro atoms. The van der Waals surface area contributed by atoms with E-state index < -0.39 is 11.7 Å². The molecule has 2 atom stereocenters. The van der Waals surface area contributed by atoms with Crippen LogP contribution in [-0.2, 0) is 14.4 Å². The zero-order valence-electron chi connectivity index (χ0n) is 9.99. The Balaban J connectivity index is 1.81. The zero-order chi connectivity index (χ0) is 12.4. The monoisotopic (exact) mass is 238 g/mol. The summed E-state index contributed by atoms with van der Waals surface area (Å²) in [6.45, 7) is 2.40. The number of carbonyl (C=O) groups excluding carboxylic acids is 3. The molecule has 5 heteroatoms. The topological polar surface area (TPSA) is 75.3 Å². The highest BCUT2D eigenvalue weighted by molar-refractivity contribution is 6.37. The van der Waals surface area contributed by atoms with Crippen LogP contribution in [0.5, 0.6) is 0 Å². The number of hydrogen-bond donors (Lipinski definition) is 2. The molecule has 1 saturated carbocycles. The van der Waals surface area contributed by atoms with Crippen LogP contribution < -0.4 is 10.6 Å². The lowest BCUT2D eigenvalue weighted by molar-refractivity contribution is -0.140. The van der Waals surface area contributed by atoms with Gasteiger partial charge in [0.25, 0.3) is 5.91 Å². The van der Waals surface area contributed by atoms with E-state index >= 15 is 0 Å². The van der Waals surface area contributed by atoms with Crippen molar-refractivity contribution in [2.24, 2.45) is 11.8 Å². The molecular weight excluding hydrogens is 220 g/mol. The summed E-state index contributed by atoms with van der Waals surface area (Å²) in [5, 5.41) is 5.42. The summed E-state index contributed by atoms with van der Waals surface area (Å²) in [5.41, 5.74) is 0. The molecule has 2 N–H and O–H groups in total. The molecule has 0 radical (unpaired) electrons. The Kier molecular flexibility index (Phi) is 3.45. The van der Waals surface area contributed by atoms with Gasteiger partial charge in [0.15, 0.2) is 0 Å². The molecule has 0 aromatic heterocycles. The van der Waals surface area contributed by atoms with Gasteiger partial charge in [0, 0.05) is 24.4 Å². The number of Topliss-reactive ketones (excluding diaryl/α,β-unsaturated/α-hetero) is 1. The predicted molar refractivity (Wildman–Crippen MR) is 61.1 cm³/mol. The Labute approximate surface area is 100 Å². The van der Waals surface area contributed by atoms with Gasteiger partial charge in [0.1, 0.15) is 0 Å². The van der Waals surface area contributed by atoms with Crippen molar-refractivity contribution in [1.29, 1.82) is 0 Å². The average Bonchev–Trinajstić information content (AvgIpc) is 3.02. The van der Waals surface area contributed by atoms with Crippen LogP contribution in [0.2, 0.25) is 0 Å². The molecule has 17 heavy (non-hydrogen) atoms. The number of nitrogens with one attached hydrogen (secondary N) is 2. The van der Waals surface area contributed by atoms with Crippen LogP contribution in [0, 0.1) is 11.8 Å². The normalized spacial score (nSPS) is 25.2. The fourth-order valence-electron chi connectivity index (χ4n) is 2.11. The van der Waals surface area contributed by atoms with E-state index in [2.05, 4.69) is 10.6 Å². The Morgan fingerprint density at radius 2 is 2.12 bits per heavy atom. The summed E-state index contributed by atoms with van der Waals surface area (Å²) in [6.07, 6.45) is 3.18. The highest BCUT2D eigenvalue weighted by Crippen LogP contribution is 2.21. The van der Waals surface area contributed by atoms with Crippen LogP contribution in [0.1, 0.15) is 32.6 Å². The minimum atomic E-state index is -0.488. The molecule has 1 aliphatic carbocycles. The molecule has 5 nitrogen and oxygen atoms in total. The predicted octanol–water partition coefficient (Wildman–Crippen LogP) is -0.00360. The summed E-state index contributed by atoms with van der Waals surface area (Å²) >= 11 is 0. The van der Waals surface area contributed by atoms with Gasteiger partial charge in [-0.05, 0) is 25.7 Å². The van der Waals surface area contributed by atoms with Crippen LogP contribution in [0.15, 0.2) is 0 Å². The summed E-state index contributed by atoms with van der Waals surface area (Å²) in [7, 11) is 0. The van der Waals surface area contributed by atoms with Gasteiger partial charge in [-0.1, -0.05) is 6.92 Å². The second-order valence-electron chi connectivity index (χ2n) is 5.03. The summed E-state index contributed by atoms with van der Waals surface area (Å²) < 4.78 is 0. The van der Waals surface area contributed by atoms with Gasteiger partial charge in [-0.2, -0.15) is 0 Å². The van der Waals surface area contributed by atoms with Crippen LogP contribution >= 0.6 is 0 Å². The van der Waals surface area contributed by atoms with E-state index in [1.165, 1.54) is 0 Å². The molecule has 2 rings (SSSR count). The summed E-state index contributed by atoms with van der Waals surface area (Å²) in [4.78, 5) is 34.7. The third-order valence-corrected chi connectivity index (χ3v) is 3.38. The lowest BCUT2D eigenvalue weighted by Gasteiger charge is -2.13. The number of carbonyl (C=O) groups is 3. The van der Waals surface area contributed by atoms with Crippen molar-refractivity contribution in [2.75, 3.05) is 6.54 Å². The fourth-order valence-corrected chi connectivity index (χ4v) is 2.11. The van der Waals surface area contributed by atoms with Crippen molar-refractivity contribution >= 4 is 17.6 Å². The van der Waals surface area contributed by atoms with Crippen molar-refractivity contribution in [2.45, 2.75) is 38.6 Å². The van der Waals surface area contributed by atoms with Gasteiger partial charge in [0.2, 0.25) is 11.7 Å². The lowest BCUT2D eigenvalue weighted by Crippen LogP contribution is -2.36. The van der Waals surface area contributed by atoms with E-state index in [1.807, 2.05) is 0 Å². The van der Waals surface area contributed by atoms with Crippen molar-refractivity contribution in [3.05, 3.63) is 0 Å². The molecule has 2 amide bonds. The van der Waals surface area contributed by atoms with Crippen molar-refractivity contribution in [3.8, 4) is 0 Å². The molecule has 0 unspecified atom stereocenters. The smallest absolute Gasteiger partial charge is 0.287 e. The number of amides is 2. The first kappa shape index (κ1) is 12.1. The van der Waals surface area contributed by atoms with Crippen molar-refractivity contribution in [1.82, 2.24) is 10.6 Å². The standard InChI is InChI=1S/C12H18N2O3/c1-7(6-8-4-5-13-11(8)16)10(15)12(17)14-9-2-3-9/h7-9H,2-6H2,1H3,(H,13,16)(H,14,17)/t7-,8-/m0/s1. The Bertz CT molecular complexity index is 350. The zero-order valence-corrected chi connectivity index (χ0v) is 9.99. The van der Waals surface area contributed by atoms with E-state index in [0.29, 0.717) is 13.0 Å². The van der Waals surface area contributed by atoms with Crippen molar-refractivity contribution in [3.63, 3.8) is 0 Å². The first-order valence-electron chi connectivity index (χ1n) is 6.20. The van der Waals surface area contributed by atoms with Gasteiger partial charge in [-0.3, -0.25) is 14.4 Å². The molecule has 1 heterocycles. The van der Waals surface area contributed by atoms with E-state index in [9.17, 15) is 14.4 Å². The van der Waals surface area contributed by atoms with Crippen molar-refractivity contribution < 1.29 is 14.4 Å². The quantitative estimate of drug-likeness (QED) is 0.662. The molecule has 0 aromatic carbocycles. The maximum atomic E-state index is 11.8. The Morgan fingerprint density at radius 3 is 2.65 bits per heavy atom. The minimum absolute atomic E-state index is 0.00671. The second-order valence-corrected chi connectivity index (χ2v) is 5.03. The van der Waals surface area contributed by atoms with Gasteiger partial charge in [-0.15, -0.1) is 0 Å². The minimum Gasteiger partial charge on any atom is -0.356 e. The highest BCUT2D eigenvalue weighted by Gasteiger charge is 2.32. The summed E-state index contributed by atoms with van der Waals surface area (Å²) in [5.74, 6) is -1.35. The summed E-state index contributed by atoms with van der Waals surface area (Å²) in [6, 6.07) is 0.202. The van der Waals surface area contributed by atoms with Crippen LogP contribution in [-0.4, -0.2) is 30.2 Å². The molecule has 94 valence electrons. The first-order valence-corrected chi connectivity index (χ1v) is 6.20. The second kappa shape index (κ2) is 4.85. The number of ketones is 1. The van der Waals surface area contributed by atoms with E-state index in [0.717, 1.165) is 19.3 Å². The molecular formula is C12H18N2O3. The first-order chi connectivity index (χ1) is 8.08. The molecule has 2 fully saturated rings. The largest absolute Gasteiger partial charge is 0.356 e. The van der Waals surface area contributed by atoms with E-state index in [4.69, 9.17) is 0 Å².